The number of ether oxygens (including phenoxy) is 1. The highest BCUT2D eigenvalue weighted by atomic mass is 16.5. The molecule has 0 aliphatic carbocycles. The van der Waals surface area contributed by atoms with Crippen molar-refractivity contribution in [2.75, 3.05) is 85.1 Å². The lowest BCUT2D eigenvalue weighted by atomic mass is 9.81. The van der Waals surface area contributed by atoms with E-state index < -0.39 is 104 Å². The molecular formula is C42H67N11O15. The quantitative estimate of drug-likeness (QED) is 0.0124. The van der Waals surface area contributed by atoms with Crippen molar-refractivity contribution >= 4 is 59.4 Å². The van der Waals surface area contributed by atoms with Crippen LogP contribution in [0.1, 0.15) is 51.5 Å². The fraction of sp³-hybridized carbons (Fsp3) is 0.619. The normalized spacial score (nSPS) is 16.8. The van der Waals surface area contributed by atoms with Crippen molar-refractivity contribution in [2.24, 2.45) is 23.5 Å². The van der Waals surface area contributed by atoms with Gasteiger partial charge in [-0.2, -0.15) is 0 Å². The minimum atomic E-state index is -1.30. The molecule has 14 N–H and O–H groups in total. The number of nitrogens with two attached hydrogens (primary N) is 1. The highest BCUT2D eigenvalue weighted by Crippen LogP contribution is 2.27. The van der Waals surface area contributed by atoms with E-state index in [4.69, 9.17) is 15.9 Å². The van der Waals surface area contributed by atoms with Gasteiger partial charge in [0.25, 0.3) is 0 Å². The van der Waals surface area contributed by atoms with Gasteiger partial charge in [-0.25, -0.2) is 5.48 Å². The topological polar surface area (TPSA) is 396 Å². The number of carbonyl (C=O) groups excluding carboxylic acids is 5. The van der Waals surface area contributed by atoms with E-state index in [9.17, 15) is 68.8 Å². The number of rotatable bonds is 29. The van der Waals surface area contributed by atoms with Crippen molar-refractivity contribution in [1.82, 2.24) is 46.8 Å². The van der Waals surface area contributed by atoms with E-state index in [2.05, 4.69) is 26.6 Å². The molecule has 4 atom stereocenters. The molecule has 26 heteroatoms. The Morgan fingerprint density at radius 2 is 1.32 bits per heavy atom. The van der Waals surface area contributed by atoms with Crippen LogP contribution in [-0.4, -0.2) is 197 Å². The minimum Gasteiger partial charge on any atom is -0.494 e. The summed E-state index contributed by atoms with van der Waals surface area (Å²) in [6.45, 7) is 0.526. The summed E-state index contributed by atoms with van der Waals surface area (Å²) in [7, 11) is 0. The first-order chi connectivity index (χ1) is 32.2. The SMILES string of the molecule is CC(C)C[C@H]1C(=O)N[C@H](C(=O)N[C@@H](CCCNC(=N)N)C(=O)NCCNC(=O)CN(CCN(CC(=O)O)CC(=O)O)CCN(CC(=O)O)CC(=O)O)Cc2ccc(cc2)OCCC[C@@H]1C(=O)NO. The number of carboxylic acids is 4. The highest BCUT2D eigenvalue weighted by Gasteiger charge is 2.37. The molecule has 0 saturated heterocycles. The lowest BCUT2D eigenvalue weighted by Crippen LogP contribution is -2.56. The first-order valence-corrected chi connectivity index (χ1v) is 22.1. The number of carboxylic acid groups (broad SMARTS) is 4. The van der Waals surface area contributed by atoms with Gasteiger partial charge >= 0.3 is 23.9 Å². The van der Waals surface area contributed by atoms with E-state index in [1.54, 1.807) is 29.7 Å². The average molecular weight is 966 g/mol. The van der Waals surface area contributed by atoms with Crippen LogP contribution in [-0.2, 0) is 49.6 Å². The maximum absolute atomic E-state index is 14.2. The van der Waals surface area contributed by atoms with Crippen LogP contribution < -0.4 is 42.5 Å². The van der Waals surface area contributed by atoms with Gasteiger partial charge in [-0.3, -0.25) is 68.5 Å². The maximum atomic E-state index is 14.2. The molecule has 68 heavy (non-hydrogen) atoms. The number of hydrogen-bond acceptors (Lipinski definition) is 15. The van der Waals surface area contributed by atoms with Gasteiger partial charge in [0, 0.05) is 58.2 Å². The lowest BCUT2D eigenvalue weighted by molar-refractivity contribution is -0.143. The maximum Gasteiger partial charge on any atom is 0.317 e. The number of amides is 5. The second-order valence-corrected chi connectivity index (χ2v) is 16.7. The van der Waals surface area contributed by atoms with Gasteiger partial charge in [0.15, 0.2) is 5.96 Å². The lowest BCUT2D eigenvalue weighted by Gasteiger charge is -2.29. The number of benzene rings is 1. The van der Waals surface area contributed by atoms with Crippen LogP contribution in [0.25, 0.3) is 0 Å². The van der Waals surface area contributed by atoms with E-state index in [1.165, 1.54) is 4.90 Å². The molecule has 2 heterocycles. The summed E-state index contributed by atoms with van der Waals surface area (Å²) in [5.41, 5.74) is 7.71. The third-order valence-electron chi connectivity index (χ3n) is 10.6. The third-order valence-corrected chi connectivity index (χ3v) is 10.6. The molecular weight excluding hydrogens is 899 g/mol. The summed E-state index contributed by atoms with van der Waals surface area (Å²) in [4.78, 5) is 117. The Labute approximate surface area is 393 Å². The molecule has 3 rings (SSSR count). The fourth-order valence-electron chi connectivity index (χ4n) is 7.37. The number of hydroxylamine groups is 1. The van der Waals surface area contributed by atoms with Crippen molar-refractivity contribution in [3.63, 3.8) is 0 Å². The van der Waals surface area contributed by atoms with Gasteiger partial charge in [0.05, 0.1) is 45.2 Å². The van der Waals surface area contributed by atoms with Gasteiger partial charge in [-0.1, -0.05) is 26.0 Å². The molecule has 26 nitrogen and oxygen atoms in total. The van der Waals surface area contributed by atoms with Gasteiger partial charge < -0.3 is 57.5 Å². The second-order valence-electron chi connectivity index (χ2n) is 16.7. The summed E-state index contributed by atoms with van der Waals surface area (Å²) in [5, 5.41) is 67.5. The van der Waals surface area contributed by atoms with Crippen LogP contribution in [0.15, 0.2) is 24.3 Å². The summed E-state index contributed by atoms with van der Waals surface area (Å²) in [6, 6.07) is 4.40. The largest absolute Gasteiger partial charge is 0.494 e. The smallest absolute Gasteiger partial charge is 0.317 e. The van der Waals surface area contributed by atoms with Crippen molar-refractivity contribution in [1.29, 1.82) is 5.41 Å². The molecule has 0 saturated carbocycles. The van der Waals surface area contributed by atoms with Crippen molar-refractivity contribution in [2.45, 2.75) is 64.5 Å². The number of guanidine groups is 1. The third kappa shape index (κ3) is 23.7. The molecule has 2 bridgehead atoms. The molecule has 2 aliphatic rings. The van der Waals surface area contributed by atoms with Gasteiger partial charge in [-0.15, -0.1) is 0 Å². The number of hydrogen-bond donors (Lipinski definition) is 13. The number of aliphatic carboxylic acids is 4. The predicted molar refractivity (Wildman–Crippen MR) is 240 cm³/mol. The van der Waals surface area contributed by atoms with E-state index >= 15 is 0 Å². The Balaban J connectivity index is 2.26. The van der Waals surface area contributed by atoms with E-state index in [1.807, 2.05) is 13.8 Å². The Morgan fingerprint density at radius 1 is 0.779 bits per heavy atom. The van der Waals surface area contributed by atoms with E-state index in [-0.39, 0.29) is 103 Å². The number of nitrogens with zero attached hydrogens (tertiary/aromatic N) is 3. The molecule has 0 spiro atoms. The molecule has 1 aromatic carbocycles. The van der Waals surface area contributed by atoms with E-state index in [0.717, 1.165) is 9.80 Å². The molecule has 0 unspecified atom stereocenters. The second kappa shape index (κ2) is 30.6. The van der Waals surface area contributed by atoms with Crippen LogP contribution in [0.4, 0.5) is 0 Å². The standard InChI is InChI=1S/C42H67N11O15/c1-26(2)19-30-29(39(64)50-67)5-4-18-68-28-9-7-27(8-10-28)20-32(49-38(30)63)41(66)48-31(6-3-11-47-42(43)44)40(65)46-13-12-45-33(54)21-51(14-16-52(22-34(55)56)23-35(57)58)15-17-53(24-36(59)60)25-37(61)62/h7-10,26,29-32,67H,3-6,11-25H2,1-2H3,(H,45,54)(H,46,65)(H,48,66)(H,49,63)(H,50,64)(H,55,56)(H,57,58)(H,59,60)(H,61,62)(H4,43,44,47)/t29-,30+,31-,32-/m0/s1. The molecule has 380 valence electrons. The average Bonchev–Trinajstić information content (AvgIpc) is 3.25. The molecule has 1 aromatic rings. The Bertz CT molecular complexity index is 1800. The first-order valence-electron chi connectivity index (χ1n) is 22.1. The van der Waals surface area contributed by atoms with Crippen LogP contribution in [0, 0.1) is 23.2 Å². The van der Waals surface area contributed by atoms with Crippen molar-refractivity contribution in [3.8, 4) is 5.75 Å². The summed E-state index contributed by atoms with van der Waals surface area (Å²) < 4.78 is 5.83. The monoisotopic (exact) mass is 965 g/mol. The zero-order chi connectivity index (χ0) is 50.8. The summed E-state index contributed by atoms with van der Waals surface area (Å²) in [6.07, 6.45) is 1.05. The first kappa shape index (κ1) is 57.5. The van der Waals surface area contributed by atoms with Crippen LogP contribution in [0.5, 0.6) is 5.75 Å². The van der Waals surface area contributed by atoms with E-state index in [0.29, 0.717) is 17.7 Å². The molecule has 0 radical (unpaired) electrons. The van der Waals surface area contributed by atoms with Gasteiger partial charge in [0.2, 0.25) is 29.5 Å². The van der Waals surface area contributed by atoms with Crippen LogP contribution in [0.3, 0.4) is 0 Å². The van der Waals surface area contributed by atoms with Gasteiger partial charge in [-0.05, 0) is 55.7 Å². The Hall–Kier alpha value is -6.64. The van der Waals surface area contributed by atoms with Crippen LogP contribution in [0.2, 0.25) is 0 Å². The summed E-state index contributed by atoms with van der Waals surface area (Å²) in [5.74, 6) is -10.3. The minimum absolute atomic E-state index is 0.0271. The Kier molecular flexibility index (Phi) is 25.9. The van der Waals surface area contributed by atoms with Gasteiger partial charge in [0.1, 0.15) is 17.8 Å². The fourth-order valence-corrected chi connectivity index (χ4v) is 7.37. The zero-order valence-electron chi connectivity index (χ0n) is 38.4. The molecule has 0 fully saturated rings. The molecule has 2 aliphatic heterocycles. The Morgan fingerprint density at radius 3 is 1.84 bits per heavy atom. The predicted octanol–water partition coefficient (Wildman–Crippen LogP) is -3.10. The van der Waals surface area contributed by atoms with Crippen molar-refractivity contribution < 1.29 is 73.5 Å². The number of nitrogens with one attached hydrogen (secondary N) is 7. The molecule has 5 amide bonds. The van der Waals surface area contributed by atoms with Crippen molar-refractivity contribution in [3.05, 3.63) is 29.8 Å². The number of fused-ring (bicyclic) bond motifs is 11. The summed E-state index contributed by atoms with van der Waals surface area (Å²) >= 11 is 0. The zero-order valence-corrected chi connectivity index (χ0v) is 38.4. The van der Waals surface area contributed by atoms with Crippen LogP contribution >= 0.6 is 0 Å². The number of carbonyl (C=O) groups is 9. The molecule has 0 aromatic heterocycles. The highest BCUT2D eigenvalue weighted by molar-refractivity contribution is 5.94.